The van der Waals surface area contributed by atoms with E-state index in [-0.39, 0.29) is 39.8 Å². The Hall–Kier alpha value is -1.06. The fourth-order valence-electron chi connectivity index (χ4n) is 3.35. The van der Waals surface area contributed by atoms with E-state index in [0.29, 0.717) is 0 Å². The van der Waals surface area contributed by atoms with Crippen molar-refractivity contribution in [2.24, 2.45) is 0 Å². The van der Waals surface area contributed by atoms with E-state index in [2.05, 4.69) is 72.7 Å². The number of aryl methyl sites for hydroxylation is 3. The second-order valence-electron chi connectivity index (χ2n) is 8.72. The predicted molar refractivity (Wildman–Crippen MR) is 124 cm³/mol. The number of rotatable bonds is 8. The molecule has 0 spiro atoms. The van der Waals surface area contributed by atoms with Gasteiger partial charge in [0.15, 0.2) is 5.52 Å². The molecule has 0 aliphatic carbocycles. The smallest absolute Gasteiger partial charge is 1.00 e. The molecule has 2 aromatic rings. The number of hydrogen-bond acceptors (Lipinski definition) is 2. The van der Waals surface area contributed by atoms with Crippen LogP contribution in [0.25, 0.3) is 0 Å². The zero-order chi connectivity index (χ0) is 20.9. The first-order valence-corrected chi connectivity index (χ1v) is 11.3. The summed E-state index contributed by atoms with van der Waals surface area (Å²) in [4.78, 5) is 13.1. The van der Waals surface area contributed by atoms with Gasteiger partial charge in [-0.2, -0.15) is 0 Å². The van der Waals surface area contributed by atoms with Gasteiger partial charge in [0.25, 0.3) is 0 Å². The Morgan fingerprint density at radius 3 is 2.14 bits per heavy atom. The molecule has 0 aliphatic heterocycles. The van der Waals surface area contributed by atoms with Crippen LogP contribution >= 0.6 is 8.58 Å². The molecule has 4 heteroatoms. The molecule has 0 aliphatic rings. The van der Waals surface area contributed by atoms with Gasteiger partial charge in [0, 0.05) is 5.56 Å². The van der Waals surface area contributed by atoms with Gasteiger partial charge in [0.2, 0.25) is 0 Å². The normalized spacial score (nSPS) is 11.6. The maximum atomic E-state index is 13.1. The molecule has 0 fully saturated rings. The summed E-state index contributed by atoms with van der Waals surface area (Å²) in [5.41, 5.74) is 5.75. The van der Waals surface area contributed by atoms with Crippen molar-refractivity contribution in [3.05, 3.63) is 58.1 Å². The first kappa shape index (κ1) is 26.0. The van der Waals surface area contributed by atoms with Crippen molar-refractivity contribution in [1.82, 2.24) is 0 Å². The van der Waals surface area contributed by atoms with Gasteiger partial charge in [0.1, 0.15) is 5.75 Å². The summed E-state index contributed by atoms with van der Waals surface area (Å²) >= 11 is 0. The number of ether oxygens (including phenoxy) is 1. The third-order valence-electron chi connectivity index (χ3n) is 5.09. The third kappa shape index (κ3) is 7.29. The Kier molecular flexibility index (Phi) is 10.2. The van der Waals surface area contributed by atoms with Crippen LogP contribution in [-0.2, 0) is 5.41 Å². The van der Waals surface area contributed by atoms with Crippen molar-refractivity contribution < 1.29 is 29.8 Å². The van der Waals surface area contributed by atoms with Crippen LogP contribution in [0.1, 0.15) is 81.0 Å². The van der Waals surface area contributed by atoms with E-state index in [0.717, 1.165) is 46.3 Å². The van der Waals surface area contributed by atoms with Crippen LogP contribution in [0.4, 0.5) is 0 Å². The summed E-state index contributed by atoms with van der Waals surface area (Å²) in [6, 6.07) is 10.4. The second kappa shape index (κ2) is 11.4. The van der Waals surface area contributed by atoms with Crippen LogP contribution < -0.4 is 28.9 Å². The van der Waals surface area contributed by atoms with Gasteiger partial charge in [-0.05, 0) is 80.9 Å². The molecule has 1 unspecified atom stereocenters. The van der Waals surface area contributed by atoms with Crippen LogP contribution in [0.2, 0.25) is 0 Å². The molecule has 0 bridgehead atoms. The Morgan fingerprint density at radius 2 is 1.62 bits per heavy atom. The fourth-order valence-corrected chi connectivity index (χ4v) is 4.55. The Labute approximate surface area is 192 Å². The molecule has 0 amide bonds. The quantitative estimate of drug-likeness (QED) is 0.379. The summed E-state index contributed by atoms with van der Waals surface area (Å²) in [5, 5.41) is 1.10. The maximum Gasteiger partial charge on any atom is 1.00 e. The molecule has 0 aromatic heterocycles. The van der Waals surface area contributed by atoms with Crippen molar-refractivity contribution in [3.8, 4) is 5.75 Å². The summed E-state index contributed by atoms with van der Waals surface area (Å²) in [7, 11) is 0.135. The molecule has 0 saturated heterocycles. The minimum atomic E-state index is 0. The number of unbranched alkanes of at least 4 members (excludes halogenated alkanes) is 2. The molecule has 0 saturated carbocycles. The van der Waals surface area contributed by atoms with Gasteiger partial charge < -0.3 is 6.16 Å². The minimum absolute atomic E-state index is 0. The van der Waals surface area contributed by atoms with Gasteiger partial charge in [-0.15, -0.1) is 0 Å². The first-order valence-electron chi connectivity index (χ1n) is 10.3. The Morgan fingerprint density at radius 1 is 1.00 bits per heavy atom. The fraction of sp³-hybridized carbons (Fsp3) is 0.480. The van der Waals surface area contributed by atoms with Gasteiger partial charge >= 0.3 is 18.9 Å². The molecule has 0 radical (unpaired) electrons. The second-order valence-corrected chi connectivity index (χ2v) is 9.96. The zero-order valence-corrected chi connectivity index (χ0v) is 20.5. The Bertz CT molecular complexity index is 821. The monoisotopic (exact) mass is 406 g/mol. The van der Waals surface area contributed by atoms with Gasteiger partial charge in [-0.1, -0.05) is 58.7 Å². The standard InChI is InChI=1S/C25H35O2P.Li.H/c1-8-9-10-13-27-21-11-12-22(17(2)16-21)28-24(26)23-18(3)14-20(15-19(23)4)25(5,6)7;;/h11-12,14-16,28H,8-10,13H2,1-7H3;;/q;+1;-1. The van der Waals surface area contributed by atoms with Crippen molar-refractivity contribution >= 4 is 19.4 Å². The molecule has 154 valence electrons. The minimum Gasteiger partial charge on any atom is -1.00 e. The first-order chi connectivity index (χ1) is 13.1. The van der Waals surface area contributed by atoms with E-state index in [1.165, 1.54) is 18.4 Å². The van der Waals surface area contributed by atoms with E-state index < -0.39 is 0 Å². The van der Waals surface area contributed by atoms with Gasteiger partial charge in [-0.3, -0.25) is 4.79 Å². The molecular weight excluding hydrogens is 370 g/mol. The van der Waals surface area contributed by atoms with Crippen LogP contribution in [-0.4, -0.2) is 12.1 Å². The molecule has 2 aromatic carbocycles. The van der Waals surface area contributed by atoms with E-state index in [4.69, 9.17) is 4.74 Å². The molecule has 29 heavy (non-hydrogen) atoms. The van der Waals surface area contributed by atoms with E-state index in [9.17, 15) is 4.79 Å². The zero-order valence-electron chi connectivity index (χ0n) is 20.5. The van der Waals surface area contributed by atoms with Crippen molar-refractivity contribution in [1.29, 1.82) is 0 Å². The average Bonchev–Trinajstić information content (AvgIpc) is 2.59. The van der Waals surface area contributed by atoms with Crippen molar-refractivity contribution in [3.63, 3.8) is 0 Å². The van der Waals surface area contributed by atoms with Crippen molar-refractivity contribution in [2.75, 3.05) is 6.61 Å². The number of hydrogen-bond donors (Lipinski definition) is 0. The summed E-state index contributed by atoms with van der Waals surface area (Å²) < 4.78 is 5.83. The summed E-state index contributed by atoms with van der Waals surface area (Å²) in [6.07, 6.45) is 3.47. The molecular formula is C25H36LiO2P. The van der Waals surface area contributed by atoms with Crippen molar-refractivity contribution in [2.45, 2.75) is 73.1 Å². The maximum absolute atomic E-state index is 13.1. The largest absolute Gasteiger partial charge is 1.00 e. The van der Waals surface area contributed by atoms with Crippen LogP contribution in [0, 0.1) is 20.8 Å². The third-order valence-corrected chi connectivity index (χ3v) is 6.40. The SMILES string of the molecule is CCCCCOc1ccc(PC(=O)c2c(C)cc(C(C)(C)C)cc2C)c(C)c1.[H-].[Li+]. The number of carbonyl (C=O) groups excluding carboxylic acids is 1. The molecule has 0 N–H and O–H groups in total. The molecule has 2 nitrogen and oxygen atoms in total. The van der Waals surface area contributed by atoms with Crippen LogP contribution in [0.5, 0.6) is 5.75 Å². The average molecular weight is 406 g/mol. The topological polar surface area (TPSA) is 26.3 Å². The van der Waals surface area contributed by atoms with E-state index >= 15 is 0 Å². The van der Waals surface area contributed by atoms with Crippen LogP contribution in [0.15, 0.2) is 30.3 Å². The number of benzene rings is 2. The van der Waals surface area contributed by atoms with E-state index in [1.807, 2.05) is 6.07 Å². The van der Waals surface area contributed by atoms with Gasteiger partial charge in [0.05, 0.1) is 6.61 Å². The predicted octanol–water partition coefficient (Wildman–Crippen LogP) is 3.74. The summed E-state index contributed by atoms with van der Waals surface area (Å²) in [6.45, 7) is 15.7. The van der Waals surface area contributed by atoms with E-state index in [1.54, 1.807) is 0 Å². The van der Waals surface area contributed by atoms with Crippen LogP contribution in [0.3, 0.4) is 0 Å². The molecule has 2 rings (SSSR count). The summed E-state index contributed by atoms with van der Waals surface area (Å²) in [5.74, 6) is 0.900. The van der Waals surface area contributed by atoms with Gasteiger partial charge in [-0.25, -0.2) is 0 Å². The Balaban J connectivity index is 0.00000420. The molecule has 1 atom stereocenters. The number of carbonyl (C=O) groups is 1. The molecule has 0 heterocycles.